The van der Waals surface area contributed by atoms with Gasteiger partial charge in [-0.15, -0.1) is 0 Å². The maximum Gasteiger partial charge on any atom is 0.220 e. The van der Waals surface area contributed by atoms with Gasteiger partial charge in [-0.25, -0.2) is 0 Å². The quantitative estimate of drug-likeness (QED) is 0.0421. The van der Waals surface area contributed by atoms with E-state index in [9.17, 15) is 15.0 Å². The van der Waals surface area contributed by atoms with E-state index in [0.29, 0.717) is 6.42 Å². The summed E-state index contributed by atoms with van der Waals surface area (Å²) in [7, 11) is 0. The van der Waals surface area contributed by atoms with Gasteiger partial charge < -0.3 is 15.5 Å². The molecule has 0 spiro atoms. The molecule has 0 aromatic heterocycles. The SMILES string of the molecule is CCCCC/C=C\C/C=C\CCCCCCCCCCCC(=O)NC(CO)C(O)/C=C/CCCCCCCCCCCCCCCCCCCCCCCCCCCCCCCCC. The molecular formula is C60H115NO3. The highest BCUT2D eigenvalue weighted by molar-refractivity contribution is 5.76. The van der Waals surface area contributed by atoms with E-state index in [1.807, 2.05) is 6.08 Å². The summed E-state index contributed by atoms with van der Waals surface area (Å²) in [5.74, 6) is -0.0651. The van der Waals surface area contributed by atoms with Gasteiger partial charge in [-0.3, -0.25) is 4.79 Å². The van der Waals surface area contributed by atoms with E-state index in [4.69, 9.17) is 0 Å². The zero-order valence-electron chi connectivity index (χ0n) is 43.6. The van der Waals surface area contributed by atoms with Crippen molar-refractivity contribution in [2.45, 2.75) is 334 Å². The largest absolute Gasteiger partial charge is 0.394 e. The molecule has 0 fully saturated rings. The van der Waals surface area contributed by atoms with Crippen LogP contribution in [0.15, 0.2) is 36.5 Å². The zero-order chi connectivity index (χ0) is 46.3. The van der Waals surface area contributed by atoms with Crippen LogP contribution in [0.1, 0.15) is 322 Å². The first kappa shape index (κ1) is 62.6. The Morgan fingerprint density at radius 2 is 0.641 bits per heavy atom. The summed E-state index contributed by atoms with van der Waals surface area (Å²) in [6, 6.07) is -0.625. The molecule has 0 saturated carbocycles. The number of carbonyl (C=O) groups excluding carboxylic acids is 1. The van der Waals surface area contributed by atoms with Gasteiger partial charge in [-0.05, 0) is 51.4 Å². The second kappa shape index (κ2) is 55.9. The molecule has 2 unspecified atom stereocenters. The third-order valence-electron chi connectivity index (χ3n) is 13.6. The Labute approximate surface area is 402 Å². The first-order valence-corrected chi connectivity index (χ1v) is 29.2. The lowest BCUT2D eigenvalue weighted by Gasteiger charge is -2.20. The Morgan fingerprint density at radius 3 is 0.969 bits per heavy atom. The van der Waals surface area contributed by atoms with E-state index >= 15 is 0 Å². The summed E-state index contributed by atoms with van der Waals surface area (Å²) in [6.07, 6.45) is 76.1. The van der Waals surface area contributed by atoms with Crippen molar-refractivity contribution in [3.05, 3.63) is 36.5 Å². The van der Waals surface area contributed by atoms with E-state index in [-0.39, 0.29) is 12.5 Å². The molecule has 2 atom stereocenters. The highest BCUT2D eigenvalue weighted by Gasteiger charge is 2.18. The third kappa shape index (κ3) is 51.6. The molecule has 4 nitrogen and oxygen atoms in total. The second-order valence-corrected chi connectivity index (χ2v) is 20.1. The number of hydrogen-bond donors (Lipinski definition) is 3. The lowest BCUT2D eigenvalue weighted by molar-refractivity contribution is -0.123. The van der Waals surface area contributed by atoms with Gasteiger partial charge in [0.2, 0.25) is 5.91 Å². The molecule has 1 amide bonds. The van der Waals surface area contributed by atoms with Crippen LogP contribution in [0.4, 0.5) is 0 Å². The summed E-state index contributed by atoms with van der Waals surface area (Å²) < 4.78 is 0. The summed E-state index contributed by atoms with van der Waals surface area (Å²) in [6.45, 7) is 4.31. The van der Waals surface area contributed by atoms with Crippen molar-refractivity contribution in [1.29, 1.82) is 0 Å². The van der Waals surface area contributed by atoms with Gasteiger partial charge in [0.1, 0.15) is 0 Å². The van der Waals surface area contributed by atoms with Gasteiger partial charge in [0.15, 0.2) is 0 Å². The van der Waals surface area contributed by atoms with Crippen LogP contribution in [0.3, 0.4) is 0 Å². The topological polar surface area (TPSA) is 69.6 Å². The van der Waals surface area contributed by atoms with Crippen LogP contribution in [0.25, 0.3) is 0 Å². The van der Waals surface area contributed by atoms with Gasteiger partial charge in [-0.2, -0.15) is 0 Å². The molecule has 0 heterocycles. The fourth-order valence-electron chi connectivity index (χ4n) is 9.15. The molecule has 0 aromatic carbocycles. The maximum atomic E-state index is 12.5. The number of hydrogen-bond acceptors (Lipinski definition) is 3. The normalized spacial score (nSPS) is 13.0. The minimum Gasteiger partial charge on any atom is -0.394 e. The Hall–Kier alpha value is -1.39. The number of unbranched alkanes of at least 4 members (excludes halogenated alkanes) is 43. The number of nitrogens with one attached hydrogen (secondary N) is 1. The van der Waals surface area contributed by atoms with E-state index in [0.717, 1.165) is 32.1 Å². The van der Waals surface area contributed by atoms with Gasteiger partial charge in [0.25, 0.3) is 0 Å². The van der Waals surface area contributed by atoms with E-state index < -0.39 is 12.1 Å². The molecule has 0 radical (unpaired) electrons. The Bertz CT molecular complexity index is 974. The zero-order valence-corrected chi connectivity index (χ0v) is 43.6. The highest BCUT2D eigenvalue weighted by Crippen LogP contribution is 2.18. The number of aliphatic hydroxyl groups is 2. The van der Waals surface area contributed by atoms with Crippen molar-refractivity contribution in [2.24, 2.45) is 0 Å². The summed E-state index contributed by atoms with van der Waals surface area (Å²) >= 11 is 0. The maximum absolute atomic E-state index is 12.5. The van der Waals surface area contributed by atoms with Crippen LogP contribution < -0.4 is 5.32 Å². The smallest absolute Gasteiger partial charge is 0.220 e. The minimum absolute atomic E-state index is 0.0651. The van der Waals surface area contributed by atoms with Crippen LogP contribution in [-0.2, 0) is 4.79 Å². The average molecular weight is 899 g/mol. The second-order valence-electron chi connectivity index (χ2n) is 20.1. The molecule has 0 aromatic rings. The van der Waals surface area contributed by atoms with E-state index in [1.165, 1.54) is 270 Å². The third-order valence-corrected chi connectivity index (χ3v) is 13.6. The molecule has 378 valence electrons. The average Bonchev–Trinajstić information content (AvgIpc) is 3.30. The lowest BCUT2D eigenvalue weighted by atomic mass is 10.0. The highest BCUT2D eigenvalue weighted by atomic mass is 16.3. The fraction of sp³-hybridized carbons (Fsp3) is 0.883. The Morgan fingerprint density at radius 1 is 0.375 bits per heavy atom. The fourth-order valence-corrected chi connectivity index (χ4v) is 9.15. The van der Waals surface area contributed by atoms with Gasteiger partial charge >= 0.3 is 0 Å². The first-order chi connectivity index (χ1) is 31.7. The number of amides is 1. The summed E-state index contributed by atoms with van der Waals surface area (Å²) in [4.78, 5) is 12.5. The van der Waals surface area contributed by atoms with Crippen LogP contribution in [0, 0.1) is 0 Å². The van der Waals surface area contributed by atoms with Crippen LogP contribution in [-0.4, -0.2) is 34.9 Å². The minimum atomic E-state index is -0.842. The molecule has 0 aliphatic carbocycles. The van der Waals surface area contributed by atoms with Crippen molar-refractivity contribution in [3.8, 4) is 0 Å². The number of carbonyl (C=O) groups is 1. The molecule has 0 rings (SSSR count). The Balaban J connectivity index is 3.44. The van der Waals surface area contributed by atoms with Gasteiger partial charge in [0, 0.05) is 6.42 Å². The molecular weight excluding hydrogens is 783 g/mol. The molecule has 0 bridgehead atoms. The molecule has 0 aliphatic heterocycles. The molecule has 0 aliphatic rings. The summed E-state index contributed by atoms with van der Waals surface area (Å²) in [5, 5.41) is 23.2. The number of allylic oxidation sites excluding steroid dienone is 5. The lowest BCUT2D eigenvalue weighted by Crippen LogP contribution is -2.45. The predicted molar refractivity (Wildman–Crippen MR) is 285 cm³/mol. The monoisotopic (exact) mass is 898 g/mol. The van der Waals surface area contributed by atoms with Gasteiger partial charge in [-0.1, -0.05) is 301 Å². The van der Waals surface area contributed by atoms with Crippen molar-refractivity contribution in [1.82, 2.24) is 5.32 Å². The van der Waals surface area contributed by atoms with E-state index in [1.54, 1.807) is 6.08 Å². The van der Waals surface area contributed by atoms with Crippen LogP contribution >= 0.6 is 0 Å². The molecule has 0 saturated heterocycles. The van der Waals surface area contributed by atoms with Crippen molar-refractivity contribution >= 4 is 5.91 Å². The first-order valence-electron chi connectivity index (χ1n) is 29.2. The van der Waals surface area contributed by atoms with Crippen molar-refractivity contribution in [3.63, 3.8) is 0 Å². The predicted octanol–water partition coefficient (Wildman–Crippen LogP) is 19.3. The standard InChI is InChI=1S/C60H115NO3/c1-3-5-7-9-11-13-15-17-19-21-23-24-25-26-27-28-29-30-31-32-33-34-35-36-38-39-41-43-45-47-49-51-53-55-59(63)58(57-62)61-60(64)56-54-52-50-48-46-44-42-40-37-22-20-18-16-14-12-10-8-6-4-2/h12,14,18,20,53,55,58-59,62-63H,3-11,13,15-17,19,21-52,54,56-57H2,1-2H3,(H,61,64)/b14-12-,20-18-,55-53+. The molecule has 64 heavy (non-hydrogen) atoms. The van der Waals surface area contributed by atoms with Crippen LogP contribution in [0.2, 0.25) is 0 Å². The number of aliphatic hydroxyl groups excluding tert-OH is 2. The summed E-state index contributed by atoms with van der Waals surface area (Å²) in [5.41, 5.74) is 0. The molecule has 3 N–H and O–H groups in total. The van der Waals surface area contributed by atoms with Crippen molar-refractivity contribution in [2.75, 3.05) is 6.61 Å². The number of rotatable bonds is 54. The van der Waals surface area contributed by atoms with E-state index in [2.05, 4.69) is 43.5 Å². The van der Waals surface area contributed by atoms with Crippen LogP contribution in [0.5, 0.6) is 0 Å². The molecule has 4 heteroatoms. The Kier molecular flexibility index (Phi) is 54.7. The van der Waals surface area contributed by atoms with Crippen molar-refractivity contribution < 1.29 is 15.0 Å². The van der Waals surface area contributed by atoms with Gasteiger partial charge in [0.05, 0.1) is 18.8 Å².